The number of phosphoric acid groups is 1. The number of carbonyl (C=O) groups excluding carboxylic acids is 2. The Hall–Kier alpha value is -0.990. The third-order valence-electron chi connectivity index (χ3n) is 16.0. The first-order valence-corrected chi connectivity index (χ1v) is 36.0. The van der Waals surface area contributed by atoms with Gasteiger partial charge in [0.05, 0.1) is 13.2 Å². The van der Waals surface area contributed by atoms with E-state index in [9.17, 15) is 19.0 Å². The molecule has 0 aliphatic carbocycles. The van der Waals surface area contributed by atoms with Gasteiger partial charge in [-0.1, -0.05) is 361 Å². The highest BCUT2D eigenvalue weighted by Crippen LogP contribution is 2.43. The average Bonchev–Trinajstić information content (AvgIpc) is 3.42. The van der Waals surface area contributed by atoms with E-state index in [0.717, 1.165) is 32.1 Å². The minimum atomic E-state index is -4.38. The minimum Gasteiger partial charge on any atom is -0.462 e. The number of rotatable bonds is 67. The average molecular weight is 1110 g/mol. The molecule has 460 valence electrons. The monoisotopic (exact) mass is 1110 g/mol. The van der Waals surface area contributed by atoms with Crippen LogP contribution in [0.1, 0.15) is 386 Å². The lowest BCUT2D eigenvalue weighted by Gasteiger charge is -2.19. The summed E-state index contributed by atoms with van der Waals surface area (Å²) in [7, 11) is -4.38. The lowest BCUT2D eigenvalue weighted by molar-refractivity contribution is -0.161. The number of nitrogens with two attached hydrogens (primary N) is 1. The molecule has 77 heavy (non-hydrogen) atoms. The first-order chi connectivity index (χ1) is 37.8. The van der Waals surface area contributed by atoms with E-state index in [1.54, 1.807) is 0 Å². The molecule has 0 spiro atoms. The van der Waals surface area contributed by atoms with Gasteiger partial charge >= 0.3 is 19.8 Å². The molecule has 0 aromatic rings. The fourth-order valence-corrected chi connectivity index (χ4v) is 11.6. The first kappa shape index (κ1) is 76.0. The summed E-state index contributed by atoms with van der Waals surface area (Å²) >= 11 is 0. The Kier molecular flexibility index (Phi) is 63.4. The molecule has 0 aliphatic heterocycles. The summed E-state index contributed by atoms with van der Waals surface area (Å²) in [4.78, 5) is 35.3. The second kappa shape index (κ2) is 64.2. The van der Waals surface area contributed by atoms with E-state index < -0.39 is 26.5 Å². The molecule has 3 N–H and O–H groups in total. The van der Waals surface area contributed by atoms with Crippen molar-refractivity contribution in [2.75, 3.05) is 26.4 Å². The standard InChI is InChI=1S/C67H134NO8P/c1-3-5-7-9-11-13-15-17-19-21-23-25-27-29-31-33-35-37-39-41-43-45-47-49-51-53-55-57-59-66(69)73-63-65(64-75-77(71,72)74-62-61-68)76-67(70)60-58-56-54-52-50-48-46-44-42-40-38-36-34-32-30-28-26-24-22-20-18-16-14-12-10-8-6-4-2/h65H,3-64,68H2,1-2H3,(H,71,72)/t65-/m1/s1. The third kappa shape index (κ3) is 64.1. The van der Waals surface area contributed by atoms with Crippen LogP contribution in [-0.4, -0.2) is 49.3 Å². The van der Waals surface area contributed by atoms with Gasteiger partial charge < -0.3 is 20.1 Å². The van der Waals surface area contributed by atoms with E-state index >= 15 is 0 Å². The number of esters is 2. The van der Waals surface area contributed by atoms with Gasteiger partial charge in [0.2, 0.25) is 0 Å². The second-order valence-electron chi connectivity index (χ2n) is 23.8. The number of unbranched alkanes of at least 4 members (excludes halogenated alkanes) is 54. The Labute approximate surface area is 479 Å². The lowest BCUT2D eigenvalue weighted by Crippen LogP contribution is -2.29. The van der Waals surface area contributed by atoms with E-state index in [1.807, 2.05) is 0 Å². The van der Waals surface area contributed by atoms with E-state index in [-0.39, 0.29) is 32.1 Å². The third-order valence-corrected chi connectivity index (χ3v) is 17.0. The number of ether oxygens (including phenoxy) is 2. The van der Waals surface area contributed by atoms with Crippen molar-refractivity contribution in [2.24, 2.45) is 5.73 Å². The van der Waals surface area contributed by atoms with Gasteiger partial charge in [-0.2, -0.15) is 0 Å². The van der Waals surface area contributed by atoms with Crippen LogP contribution in [0.5, 0.6) is 0 Å². The van der Waals surface area contributed by atoms with Crippen LogP contribution >= 0.6 is 7.82 Å². The van der Waals surface area contributed by atoms with Gasteiger partial charge in [0.15, 0.2) is 6.10 Å². The van der Waals surface area contributed by atoms with Crippen molar-refractivity contribution in [3.05, 3.63) is 0 Å². The highest BCUT2D eigenvalue weighted by molar-refractivity contribution is 7.47. The second-order valence-corrected chi connectivity index (χ2v) is 25.2. The van der Waals surface area contributed by atoms with Gasteiger partial charge in [-0.15, -0.1) is 0 Å². The SMILES string of the molecule is CCCCCCCCCCCCCCCCCCCCCCCCCCCCCCC(=O)OC[C@H](COP(=O)(O)OCCN)OC(=O)CCCCCCCCCCCCCCCCCCCCCCCCCCCCCC. The molecule has 1 unspecified atom stereocenters. The fourth-order valence-electron chi connectivity index (χ4n) is 10.9. The molecule has 9 nitrogen and oxygen atoms in total. The summed E-state index contributed by atoms with van der Waals surface area (Å²) in [5.41, 5.74) is 5.40. The largest absolute Gasteiger partial charge is 0.472 e. The van der Waals surface area contributed by atoms with Gasteiger partial charge in [-0.05, 0) is 12.8 Å². The lowest BCUT2D eigenvalue weighted by atomic mass is 10.0. The van der Waals surface area contributed by atoms with Crippen molar-refractivity contribution < 1.29 is 37.6 Å². The van der Waals surface area contributed by atoms with Gasteiger partial charge in [0.1, 0.15) is 6.61 Å². The highest BCUT2D eigenvalue weighted by atomic mass is 31.2. The van der Waals surface area contributed by atoms with Gasteiger partial charge in [-0.25, -0.2) is 4.57 Å². The summed E-state index contributed by atoms with van der Waals surface area (Å²) < 4.78 is 33.2. The molecule has 0 amide bonds. The molecule has 0 radical (unpaired) electrons. The zero-order chi connectivity index (χ0) is 55.9. The van der Waals surface area contributed by atoms with Crippen LogP contribution in [0, 0.1) is 0 Å². The fraction of sp³-hybridized carbons (Fsp3) is 0.970. The van der Waals surface area contributed by atoms with E-state index in [1.165, 1.54) is 321 Å². The van der Waals surface area contributed by atoms with Crippen molar-refractivity contribution in [2.45, 2.75) is 392 Å². The normalized spacial score (nSPS) is 12.8. The topological polar surface area (TPSA) is 134 Å². The van der Waals surface area contributed by atoms with E-state index in [4.69, 9.17) is 24.3 Å². The summed E-state index contributed by atoms with van der Waals surface area (Å²) in [6.45, 7) is 3.85. The maximum Gasteiger partial charge on any atom is 0.472 e. The predicted molar refractivity (Wildman–Crippen MR) is 331 cm³/mol. The van der Waals surface area contributed by atoms with Crippen molar-refractivity contribution in [1.29, 1.82) is 0 Å². The van der Waals surface area contributed by atoms with E-state index in [2.05, 4.69) is 13.8 Å². The van der Waals surface area contributed by atoms with Crippen molar-refractivity contribution in [3.8, 4) is 0 Å². The van der Waals surface area contributed by atoms with Crippen molar-refractivity contribution in [1.82, 2.24) is 0 Å². The maximum absolute atomic E-state index is 12.8. The number of phosphoric ester groups is 1. The smallest absolute Gasteiger partial charge is 0.462 e. The molecule has 0 saturated heterocycles. The molecule has 0 aromatic carbocycles. The molecule has 10 heteroatoms. The highest BCUT2D eigenvalue weighted by Gasteiger charge is 2.26. The molecule has 0 aliphatic rings. The maximum atomic E-state index is 12.8. The van der Waals surface area contributed by atoms with Gasteiger partial charge in [0.25, 0.3) is 0 Å². The molecule has 0 rings (SSSR count). The van der Waals surface area contributed by atoms with Crippen LogP contribution < -0.4 is 5.73 Å². The van der Waals surface area contributed by atoms with Crippen molar-refractivity contribution in [3.63, 3.8) is 0 Å². The molecule has 0 aromatic heterocycles. The van der Waals surface area contributed by atoms with Crippen LogP contribution in [-0.2, 0) is 32.7 Å². The van der Waals surface area contributed by atoms with Gasteiger partial charge in [-0.3, -0.25) is 18.6 Å². The Morgan fingerprint density at radius 2 is 0.558 bits per heavy atom. The molecule has 2 atom stereocenters. The van der Waals surface area contributed by atoms with Crippen LogP contribution in [0.4, 0.5) is 0 Å². The van der Waals surface area contributed by atoms with Gasteiger partial charge in [0, 0.05) is 19.4 Å². The first-order valence-electron chi connectivity index (χ1n) is 34.5. The van der Waals surface area contributed by atoms with E-state index in [0.29, 0.717) is 12.8 Å². The number of hydrogen-bond donors (Lipinski definition) is 2. The van der Waals surface area contributed by atoms with Crippen LogP contribution in [0.2, 0.25) is 0 Å². The van der Waals surface area contributed by atoms with Crippen molar-refractivity contribution >= 4 is 19.8 Å². The Morgan fingerprint density at radius 3 is 0.792 bits per heavy atom. The zero-order valence-electron chi connectivity index (χ0n) is 51.7. The summed E-state index contributed by atoms with van der Waals surface area (Å²) in [5.74, 6) is -0.797. The Morgan fingerprint density at radius 1 is 0.338 bits per heavy atom. The molecular weight excluding hydrogens is 978 g/mol. The number of carbonyl (C=O) groups is 2. The molecule has 0 saturated carbocycles. The van der Waals surface area contributed by atoms with Crippen LogP contribution in [0.3, 0.4) is 0 Å². The number of hydrogen-bond acceptors (Lipinski definition) is 8. The molecule has 0 bridgehead atoms. The molecule has 0 fully saturated rings. The zero-order valence-corrected chi connectivity index (χ0v) is 52.6. The van der Waals surface area contributed by atoms with Crippen LogP contribution in [0.15, 0.2) is 0 Å². The Balaban J connectivity index is 3.81. The van der Waals surface area contributed by atoms with Crippen LogP contribution in [0.25, 0.3) is 0 Å². The quantitative estimate of drug-likeness (QED) is 0.0347. The molecule has 0 heterocycles. The summed E-state index contributed by atoms with van der Waals surface area (Å²) in [5, 5.41) is 0. The molecular formula is C67H134NO8P. The minimum absolute atomic E-state index is 0.0588. The summed E-state index contributed by atoms with van der Waals surface area (Å²) in [6, 6.07) is 0. The predicted octanol–water partition coefficient (Wildman–Crippen LogP) is 22.2. The summed E-state index contributed by atoms with van der Waals surface area (Å²) in [6.07, 6.45) is 74.9. The Bertz CT molecular complexity index is 1220.